The lowest BCUT2D eigenvalue weighted by molar-refractivity contribution is 0.102. The Kier molecular flexibility index (Phi) is 5.87. The van der Waals surface area contributed by atoms with E-state index < -0.39 is 10.0 Å². The Labute approximate surface area is 163 Å². The normalized spacial score (nSPS) is 15.6. The third-order valence-corrected chi connectivity index (χ3v) is 6.71. The molecule has 2 aromatic rings. The van der Waals surface area contributed by atoms with Gasteiger partial charge < -0.3 is 5.32 Å². The van der Waals surface area contributed by atoms with Crippen molar-refractivity contribution in [2.75, 3.05) is 18.4 Å². The van der Waals surface area contributed by atoms with Crippen molar-refractivity contribution >= 4 is 44.8 Å². The summed E-state index contributed by atoms with van der Waals surface area (Å²) < 4.78 is 26.8. The fourth-order valence-corrected chi connectivity index (χ4v) is 4.79. The van der Waals surface area contributed by atoms with Gasteiger partial charge in [-0.25, -0.2) is 8.42 Å². The molecule has 3 rings (SSSR count). The van der Waals surface area contributed by atoms with Crippen LogP contribution in [-0.2, 0) is 10.0 Å². The summed E-state index contributed by atoms with van der Waals surface area (Å²) in [7, 11) is -3.51. The average Bonchev–Trinajstić information content (AvgIpc) is 2.65. The van der Waals surface area contributed by atoms with Gasteiger partial charge in [0.25, 0.3) is 5.91 Å². The second-order valence-corrected chi connectivity index (χ2v) is 8.85. The van der Waals surface area contributed by atoms with Crippen molar-refractivity contribution in [2.24, 2.45) is 0 Å². The fraction of sp³-hybridized carbons (Fsp3) is 0.278. The molecule has 0 spiro atoms. The number of amides is 1. The van der Waals surface area contributed by atoms with Gasteiger partial charge in [0.2, 0.25) is 10.0 Å². The summed E-state index contributed by atoms with van der Waals surface area (Å²) in [6.07, 6.45) is 2.81. The molecule has 0 aliphatic carbocycles. The first-order valence-corrected chi connectivity index (χ1v) is 10.4. The number of halogens is 2. The maximum Gasteiger partial charge on any atom is 0.255 e. The predicted octanol–water partition coefficient (Wildman–Crippen LogP) is 4.42. The number of rotatable bonds is 4. The van der Waals surface area contributed by atoms with E-state index in [1.54, 1.807) is 12.1 Å². The summed E-state index contributed by atoms with van der Waals surface area (Å²) in [5, 5.41) is 3.49. The number of nitrogens with one attached hydrogen (secondary N) is 1. The van der Waals surface area contributed by atoms with E-state index in [1.807, 2.05) is 0 Å². The molecule has 0 radical (unpaired) electrons. The van der Waals surface area contributed by atoms with Crippen LogP contribution in [0.3, 0.4) is 0 Å². The van der Waals surface area contributed by atoms with Crippen LogP contribution in [0.2, 0.25) is 10.0 Å². The smallest absolute Gasteiger partial charge is 0.255 e. The lowest BCUT2D eigenvalue weighted by atomic mass is 10.2. The molecule has 1 aliphatic rings. The van der Waals surface area contributed by atoms with Gasteiger partial charge in [-0.15, -0.1) is 0 Å². The molecule has 0 aromatic heterocycles. The number of carbonyl (C=O) groups excluding carboxylic acids is 1. The van der Waals surface area contributed by atoms with Crippen LogP contribution in [0, 0.1) is 0 Å². The molecule has 0 unspecified atom stereocenters. The highest BCUT2D eigenvalue weighted by molar-refractivity contribution is 7.89. The Morgan fingerprint density at radius 1 is 0.962 bits per heavy atom. The van der Waals surface area contributed by atoms with E-state index in [1.165, 1.54) is 34.6 Å². The summed E-state index contributed by atoms with van der Waals surface area (Å²) in [6, 6.07) is 10.7. The van der Waals surface area contributed by atoms with Crippen LogP contribution < -0.4 is 5.32 Å². The van der Waals surface area contributed by atoms with E-state index in [0.29, 0.717) is 34.4 Å². The Morgan fingerprint density at radius 3 is 2.23 bits per heavy atom. The van der Waals surface area contributed by atoms with E-state index in [4.69, 9.17) is 23.2 Å². The predicted molar refractivity (Wildman–Crippen MR) is 103 cm³/mol. The number of hydrogen-bond donors (Lipinski definition) is 1. The quantitative estimate of drug-likeness (QED) is 0.807. The van der Waals surface area contributed by atoms with Crippen molar-refractivity contribution in [3.63, 3.8) is 0 Å². The molecule has 1 saturated heterocycles. The van der Waals surface area contributed by atoms with E-state index >= 15 is 0 Å². The van der Waals surface area contributed by atoms with Gasteiger partial charge >= 0.3 is 0 Å². The molecule has 8 heteroatoms. The highest BCUT2D eigenvalue weighted by atomic mass is 35.5. The van der Waals surface area contributed by atoms with E-state index in [-0.39, 0.29) is 10.8 Å². The van der Waals surface area contributed by atoms with Crippen molar-refractivity contribution in [1.29, 1.82) is 0 Å². The van der Waals surface area contributed by atoms with Crippen LogP contribution in [0.15, 0.2) is 47.4 Å². The van der Waals surface area contributed by atoms with Crippen LogP contribution in [0.25, 0.3) is 0 Å². The Balaban J connectivity index is 1.75. The Bertz CT molecular complexity index is 909. The molecule has 1 aliphatic heterocycles. The summed E-state index contributed by atoms with van der Waals surface area (Å²) in [5.74, 6) is -0.379. The standard InChI is InChI=1S/C18H18Cl2N2O3S/c19-14-6-9-17(16(20)12-14)21-18(23)13-4-7-15(8-5-13)26(24,25)22-10-2-1-3-11-22/h4-9,12H,1-3,10-11H2,(H,21,23). The summed E-state index contributed by atoms with van der Waals surface area (Å²) in [5.41, 5.74) is 0.777. The van der Waals surface area contributed by atoms with E-state index in [9.17, 15) is 13.2 Å². The van der Waals surface area contributed by atoms with Crippen molar-refractivity contribution in [3.8, 4) is 0 Å². The number of sulfonamides is 1. The number of benzene rings is 2. The van der Waals surface area contributed by atoms with Crippen molar-refractivity contribution in [2.45, 2.75) is 24.2 Å². The largest absolute Gasteiger partial charge is 0.321 e. The number of nitrogens with zero attached hydrogens (tertiary/aromatic N) is 1. The average molecular weight is 413 g/mol. The SMILES string of the molecule is O=C(Nc1ccc(Cl)cc1Cl)c1ccc(S(=O)(=O)N2CCCCC2)cc1. The number of piperidine rings is 1. The topological polar surface area (TPSA) is 66.5 Å². The van der Waals surface area contributed by atoms with Gasteiger partial charge in [-0.3, -0.25) is 4.79 Å². The second-order valence-electron chi connectivity index (χ2n) is 6.07. The minimum Gasteiger partial charge on any atom is -0.321 e. The molecule has 0 bridgehead atoms. The van der Waals surface area contributed by atoms with Crippen LogP contribution in [0.1, 0.15) is 29.6 Å². The van der Waals surface area contributed by atoms with Crippen molar-refractivity contribution in [1.82, 2.24) is 4.31 Å². The van der Waals surface area contributed by atoms with Crippen molar-refractivity contribution < 1.29 is 13.2 Å². The highest BCUT2D eigenvalue weighted by Gasteiger charge is 2.25. The zero-order valence-corrected chi connectivity index (χ0v) is 16.2. The van der Waals surface area contributed by atoms with E-state index in [2.05, 4.69) is 5.32 Å². The first-order chi connectivity index (χ1) is 12.4. The maximum atomic E-state index is 12.6. The van der Waals surface area contributed by atoms with Crippen LogP contribution in [0.5, 0.6) is 0 Å². The van der Waals surface area contributed by atoms with Gasteiger partial charge in [0, 0.05) is 23.7 Å². The third-order valence-electron chi connectivity index (χ3n) is 4.25. The van der Waals surface area contributed by atoms with Crippen LogP contribution in [-0.4, -0.2) is 31.7 Å². The van der Waals surface area contributed by atoms with Gasteiger partial charge in [-0.1, -0.05) is 29.6 Å². The second kappa shape index (κ2) is 7.96. The van der Waals surface area contributed by atoms with Gasteiger partial charge in [-0.2, -0.15) is 4.31 Å². The van der Waals surface area contributed by atoms with Gasteiger partial charge in [-0.05, 0) is 55.3 Å². The summed E-state index contributed by atoms with van der Waals surface area (Å²) in [6.45, 7) is 1.08. The molecule has 2 aromatic carbocycles. The molecule has 26 heavy (non-hydrogen) atoms. The molecule has 1 heterocycles. The lowest BCUT2D eigenvalue weighted by Gasteiger charge is -2.25. The number of carbonyl (C=O) groups is 1. The first-order valence-electron chi connectivity index (χ1n) is 8.24. The molecular weight excluding hydrogens is 395 g/mol. The molecule has 5 nitrogen and oxygen atoms in total. The Hall–Kier alpha value is -1.60. The molecule has 138 valence electrons. The third kappa shape index (κ3) is 4.20. The van der Waals surface area contributed by atoms with E-state index in [0.717, 1.165) is 19.3 Å². The van der Waals surface area contributed by atoms with Gasteiger partial charge in [0.1, 0.15) is 0 Å². The molecule has 0 saturated carbocycles. The molecule has 1 fully saturated rings. The molecular formula is C18H18Cl2N2O3S. The lowest BCUT2D eigenvalue weighted by Crippen LogP contribution is -2.35. The minimum absolute atomic E-state index is 0.195. The minimum atomic E-state index is -3.51. The Morgan fingerprint density at radius 2 is 1.62 bits per heavy atom. The molecule has 0 atom stereocenters. The van der Waals surface area contributed by atoms with Crippen LogP contribution >= 0.6 is 23.2 Å². The maximum absolute atomic E-state index is 12.6. The van der Waals surface area contributed by atoms with Crippen LogP contribution in [0.4, 0.5) is 5.69 Å². The zero-order valence-electron chi connectivity index (χ0n) is 13.9. The van der Waals surface area contributed by atoms with Crippen molar-refractivity contribution in [3.05, 3.63) is 58.1 Å². The zero-order chi connectivity index (χ0) is 18.7. The first kappa shape index (κ1) is 19.2. The molecule has 1 amide bonds. The number of hydrogen-bond acceptors (Lipinski definition) is 3. The van der Waals surface area contributed by atoms with Gasteiger partial charge in [0.05, 0.1) is 15.6 Å². The summed E-state index contributed by atoms with van der Waals surface area (Å²) in [4.78, 5) is 12.5. The summed E-state index contributed by atoms with van der Waals surface area (Å²) >= 11 is 11.9. The monoisotopic (exact) mass is 412 g/mol. The molecule has 1 N–H and O–H groups in total. The fourth-order valence-electron chi connectivity index (χ4n) is 2.82. The highest BCUT2D eigenvalue weighted by Crippen LogP contribution is 2.26. The van der Waals surface area contributed by atoms with Gasteiger partial charge in [0.15, 0.2) is 0 Å². The number of anilines is 1.